The molecule has 10 heteroatoms. The number of hydrogen-bond acceptors (Lipinski definition) is 4. The lowest BCUT2D eigenvalue weighted by atomic mass is 10.1. The number of alkyl halides is 3. The van der Waals surface area contributed by atoms with Gasteiger partial charge in [0.2, 0.25) is 11.8 Å². The van der Waals surface area contributed by atoms with Crippen LogP contribution in [-0.2, 0) is 15.8 Å². The Morgan fingerprint density at radius 3 is 2.21 bits per heavy atom. The molecule has 0 spiro atoms. The van der Waals surface area contributed by atoms with E-state index < -0.39 is 17.6 Å². The maximum Gasteiger partial charge on any atom is 0.418 e. The van der Waals surface area contributed by atoms with E-state index in [1.807, 2.05) is 19.1 Å². The number of nitrogens with zero attached hydrogens (tertiary/aromatic N) is 2. The van der Waals surface area contributed by atoms with Gasteiger partial charge in [0.15, 0.2) is 0 Å². The molecule has 0 unspecified atom stereocenters. The zero-order chi connectivity index (χ0) is 24.0. The molecule has 2 aromatic carbocycles. The van der Waals surface area contributed by atoms with Crippen LogP contribution < -0.4 is 10.6 Å². The smallest absolute Gasteiger partial charge is 0.343 e. The number of rotatable bonds is 6. The topological polar surface area (TPSA) is 81.8 Å². The first kappa shape index (κ1) is 24.2. The number of benzene rings is 2. The summed E-state index contributed by atoms with van der Waals surface area (Å²) in [6.45, 7) is 3.19. The van der Waals surface area contributed by atoms with E-state index in [1.54, 1.807) is 21.9 Å². The molecular formula is C23H25F3N4O3. The first-order chi connectivity index (χ1) is 15.6. The van der Waals surface area contributed by atoms with Gasteiger partial charge in [-0.1, -0.05) is 29.8 Å². The summed E-state index contributed by atoms with van der Waals surface area (Å²) in [5.41, 5.74) is 0.310. The molecule has 1 heterocycles. The Balaban J connectivity index is 1.43. The minimum Gasteiger partial charge on any atom is -0.343 e. The van der Waals surface area contributed by atoms with Crippen molar-refractivity contribution in [2.75, 3.05) is 44.6 Å². The highest BCUT2D eigenvalue weighted by Crippen LogP contribution is 2.34. The molecule has 3 rings (SSSR count). The lowest BCUT2D eigenvalue weighted by Gasteiger charge is -2.34. The van der Waals surface area contributed by atoms with Crippen LogP contribution >= 0.6 is 0 Å². The lowest BCUT2D eigenvalue weighted by Crippen LogP contribution is -2.52. The van der Waals surface area contributed by atoms with Gasteiger partial charge < -0.3 is 15.5 Å². The van der Waals surface area contributed by atoms with Crippen LogP contribution in [0.2, 0.25) is 0 Å². The highest BCUT2D eigenvalue weighted by Gasteiger charge is 2.33. The van der Waals surface area contributed by atoms with Crippen molar-refractivity contribution >= 4 is 23.4 Å². The second kappa shape index (κ2) is 10.5. The zero-order valence-electron chi connectivity index (χ0n) is 18.1. The van der Waals surface area contributed by atoms with Crippen LogP contribution in [-0.4, -0.2) is 66.8 Å². The van der Waals surface area contributed by atoms with Crippen LogP contribution in [0.25, 0.3) is 0 Å². The van der Waals surface area contributed by atoms with Gasteiger partial charge >= 0.3 is 6.18 Å². The fourth-order valence-corrected chi connectivity index (χ4v) is 3.46. The molecule has 0 bridgehead atoms. The minimum atomic E-state index is -4.56. The van der Waals surface area contributed by atoms with Crippen molar-refractivity contribution in [2.24, 2.45) is 0 Å². The van der Waals surface area contributed by atoms with Crippen molar-refractivity contribution in [2.45, 2.75) is 13.1 Å². The molecule has 0 atom stereocenters. The number of anilines is 1. The lowest BCUT2D eigenvalue weighted by molar-refractivity contribution is -0.137. The number of para-hydroxylation sites is 1. The Hall–Kier alpha value is -3.40. The van der Waals surface area contributed by atoms with E-state index in [9.17, 15) is 27.6 Å². The quantitative estimate of drug-likeness (QED) is 0.692. The molecule has 33 heavy (non-hydrogen) atoms. The fourth-order valence-electron chi connectivity index (χ4n) is 3.46. The number of aryl methyl sites for hydroxylation is 1. The first-order valence-electron chi connectivity index (χ1n) is 10.4. The summed E-state index contributed by atoms with van der Waals surface area (Å²) in [5.74, 6) is -1.13. The third-order valence-electron chi connectivity index (χ3n) is 5.31. The Bertz CT molecular complexity index is 1000. The standard InChI is InChI=1S/C23H25F3N4O3/c1-16-6-8-17(9-7-16)22(33)27-14-21(32)30-12-10-29(11-13-30)15-20(31)28-19-5-3-2-4-18(19)23(24,25)26/h2-9H,10-15H2,1H3,(H,27,33)(H,28,31). The summed E-state index contributed by atoms with van der Waals surface area (Å²) in [4.78, 5) is 40.2. The zero-order valence-corrected chi connectivity index (χ0v) is 18.1. The van der Waals surface area contributed by atoms with Gasteiger partial charge in [-0.3, -0.25) is 19.3 Å². The van der Waals surface area contributed by atoms with E-state index in [1.165, 1.54) is 18.2 Å². The number of piperazine rings is 1. The molecular weight excluding hydrogens is 437 g/mol. The normalized spacial score (nSPS) is 14.6. The number of halogens is 3. The molecule has 3 amide bonds. The van der Waals surface area contributed by atoms with Gasteiger partial charge in [0.05, 0.1) is 24.3 Å². The largest absolute Gasteiger partial charge is 0.418 e. The minimum absolute atomic E-state index is 0.0849. The van der Waals surface area contributed by atoms with Crippen molar-refractivity contribution in [3.05, 3.63) is 65.2 Å². The highest BCUT2D eigenvalue weighted by atomic mass is 19.4. The first-order valence-corrected chi connectivity index (χ1v) is 10.4. The molecule has 1 aliphatic rings. The maximum absolute atomic E-state index is 13.1. The van der Waals surface area contributed by atoms with Crippen LogP contribution in [0.1, 0.15) is 21.5 Å². The maximum atomic E-state index is 13.1. The highest BCUT2D eigenvalue weighted by molar-refractivity contribution is 5.96. The Labute approximate surface area is 189 Å². The van der Waals surface area contributed by atoms with Gasteiger partial charge in [-0.2, -0.15) is 13.2 Å². The average molecular weight is 462 g/mol. The van der Waals surface area contributed by atoms with Crippen molar-refractivity contribution in [1.82, 2.24) is 15.1 Å². The molecule has 0 radical (unpaired) electrons. The summed E-state index contributed by atoms with van der Waals surface area (Å²) >= 11 is 0. The fraction of sp³-hybridized carbons (Fsp3) is 0.348. The number of nitrogens with one attached hydrogen (secondary N) is 2. The van der Waals surface area contributed by atoms with Crippen LogP contribution in [0.5, 0.6) is 0 Å². The molecule has 1 fully saturated rings. The van der Waals surface area contributed by atoms with E-state index in [2.05, 4.69) is 10.6 Å². The molecule has 1 saturated heterocycles. The molecule has 7 nitrogen and oxygen atoms in total. The monoisotopic (exact) mass is 462 g/mol. The van der Waals surface area contributed by atoms with Crippen molar-refractivity contribution in [3.8, 4) is 0 Å². The number of carbonyl (C=O) groups excluding carboxylic acids is 3. The Morgan fingerprint density at radius 2 is 1.58 bits per heavy atom. The van der Waals surface area contributed by atoms with Gasteiger partial charge in [-0.25, -0.2) is 0 Å². The van der Waals surface area contributed by atoms with E-state index in [-0.39, 0.29) is 30.6 Å². The van der Waals surface area contributed by atoms with Crippen LogP contribution in [0.4, 0.5) is 18.9 Å². The second-order valence-electron chi connectivity index (χ2n) is 7.80. The number of amides is 3. The van der Waals surface area contributed by atoms with E-state index in [4.69, 9.17) is 0 Å². The molecule has 2 aromatic rings. The predicted octanol–water partition coefficient (Wildman–Crippen LogP) is 2.53. The molecule has 0 saturated carbocycles. The van der Waals surface area contributed by atoms with E-state index >= 15 is 0 Å². The molecule has 1 aliphatic heterocycles. The molecule has 176 valence electrons. The van der Waals surface area contributed by atoms with E-state index in [0.29, 0.717) is 31.7 Å². The molecule has 0 aliphatic carbocycles. The van der Waals surface area contributed by atoms with Crippen LogP contribution in [0.3, 0.4) is 0 Å². The Morgan fingerprint density at radius 1 is 0.939 bits per heavy atom. The van der Waals surface area contributed by atoms with Crippen molar-refractivity contribution in [3.63, 3.8) is 0 Å². The number of carbonyl (C=O) groups is 3. The third kappa shape index (κ3) is 6.79. The van der Waals surface area contributed by atoms with Crippen molar-refractivity contribution in [1.29, 1.82) is 0 Å². The summed E-state index contributed by atoms with van der Waals surface area (Å²) < 4.78 is 39.2. The summed E-state index contributed by atoms with van der Waals surface area (Å²) in [5, 5.41) is 4.93. The summed E-state index contributed by atoms with van der Waals surface area (Å²) in [7, 11) is 0. The summed E-state index contributed by atoms with van der Waals surface area (Å²) in [6, 6.07) is 11.8. The van der Waals surface area contributed by atoms with Gasteiger partial charge in [0, 0.05) is 31.7 Å². The van der Waals surface area contributed by atoms with Gasteiger partial charge in [-0.15, -0.1) is 0 Å². The molecule has 0 aromatic heterocycles. The van der Waals surface area contributed by atoms with Gasteiger partial charge in [0.25, 0.3) is 5.91 Å². The van der Waals surface area contributed by atoms with Gasteiger partial charge in [0.1, 0.15) is 0 Å². The van der Waals surface area contributed by atoms with E-state index in [0.717, 1.165) is 11.6 Å². The molecule has 2 N–H and O–H groups in total. The van der Waals surface area contributed by atoms with Crippen LogP contribution in [0.15, 0.2) is 48.5 Å². The Kier molecular flexibility index (Phi) is 7.70. The second-order valence-corrected chi connectivity index (χ2v) is 7.80. The van der Waals surface area contributed by atoms with Gasteiger partial charge in [-0.05, 0) is 31.2 Å². The predicted molar refractivity (Wildman–Crippen MR) is 117 cm³/mol. The average Bonchev–Trinajstić information content (AvgIpc) is 2.78. The van der Waals surface area contributed by atoms with Crippen molar-refractivity contribution < 1.29 is 27.6 Å². The van der Waals surface area contributed by atoms with Crippen LogP contribution in [0, 0.1) is 6.92 Å². The SMILES string of the molecule is Cc1ccc(C(=O)NCC(=O)N2CCN(CC(=O)Nc3ccccc3C(F)(F)F)CC2)cc1. The summed E-state index contributed by atoms with van der Waals surface area (Å²) in [6.07, 6.45) is -4.56. The number of hydrogen-bond donors (Lipinski definition) is 2. The third-order valence-corrected chi connectivity index (χ3v) is 5.31.